The van der Waals surface area contributed by atoms with E-state index in [0.717, 1.165) is 25.1 Å². The fourth-order valence-electron chi connectivity index (χ4n) is 3.03. The molecular formula is C12H20N2O2S. The van der Waals surface area contributed by atoms with Crippen LogP contribution in [0.1, 0.15) is 25.7 Å². The molecular weight excluding hydrogens is 236 g/mol. The minimum atomic E-state index is 0.186. The van der Waals surface area contributed by atoms with Crippen molar-refractivity contribution in [2.75, 3.05) is 18.1 Å². The maximum absolute atomic E-state index is 11.9. The van der Waals surface area contributed by atoms with Crippen molar-refractivity contribution in [3.05, 3.63) is 0 Å². The largest absolute Gasteiger partial charge is 0.373 e. The van der Waals surface area contributed by atoms with E-state index in [2.05, 4.69) is 10.6 Å². The Morgan fingerprint density at radius 1 is 1.47 bits per heavy atom. The lowest BCUT2D eigenvalue weighted by molar-refractivity contribution is -0.122. The zero-order chi connectivity index (χ0) is 11.7. The van der Waals surface area contributed by atoms with Crippen LogP contribution in [0.2, 0.25) is 0 Å². The lowest BCUT2D eigenvalue weighted by Crippen LogP contribution is -2.46. The number of nitrogens with one attached hydrogen (secondary N) is 2. The molecule has 3 fully saturated rings. The molecule has 4 atom stereocenters. The molecule has 3 heterocycles. The highest BCUT2D eigenvalue weighted by molar-refractivity contribution is 7.99. The number of hydrogen-bond acceptors (Lipinski definition) is 4. The summed E-state index contributed by atoms with van der Waals surface area (Å²) in [5.74, 6) is 2.41. The van der Waals surface area contributed by atoms with E-state index in [-0.39, 0.29) is 18.1 Å². The van der Waals surface area contributed by atoms with E-state index < -0.39 is 0 Å². The summed E-state index contributed by atoms with van der Waals surface area (Å²) in [4.78, 5) is 11.9. The first-order chi connectivity index (χ1) is 8.31. The molecule has 0 spiro atoms. The number of hydrogen-bond donors (Lipinski definition) is 2. The van der Waals surface area contributed by atoms with Crippen LogP contribution in [0.3, 0.4) is 0 Å². The van der Waals surface area contributed by atoms with Gasteiger partial charge in [-0.25, -0.2) is 0 Å². The lowest BCUT2D eigenvalue weighted by atomic mass is 9.95. The third-order valence-electron chi connectivity index (χ3n) is 3.88. The molecule has 5 heteroatoms. The number of fused-ring (bicyclic) bond motifs is 2. The Morgan fingerprint density at radius 3 is 3.06 bits per heavy atom. The standard InChI is InChI=1S/C12H20N2O2S/c15-12(5-8-7-17-4-3-13-8)14-10-6-9-1-2-11(10)16-9/h8-11,13H,1-7H2,(H,14,15). The number of carbonyl (C=O) groups excluding carboxylic acids is 1. The smallest absolute Gasteiger partial charge is 0.221 e. The minimum absolute atomic E-state index is 0.186. The fraction of sp³-hybridized carbons (Fsp3) is 0.917. The third kappa shape index (κ3) is 2.77. The van der Waals surface area contributed by atoms with Crippen LogP contribution in [-0.4, -0.2) is 48.2 Å². The Labute approximate surface area is 106 Å². The first-order valence-electron chi connectivity index (χ1n) is 6.57. The molecule has 0 radical (unpaired) electrons. The van der Waals surface area contributed by atoms with Crippen LogP contribution in [-0.2, 0) is 9.53 Å². The molecule has 0 aromatic rings. The monoisotopic (exact) mass is 256 g/mol. The fourth-order valence-corrected chi connectivity index (χ4v) is 3.98. The lowest BCUT2D eigenvalue weighted by Gasteiger charge is -2.25. The highest BCUT2D eigenvalue weighted by Crippen LogP contribution is 2.34. The van der Waals surface area contributed by atoms with E-state index in [4.69, 9.17) is 4.74 Å². The van der Waals surface area contributed by atoms with E-state index in [9.17, 15) is 4.79 Å². The molecule has 0 aromatic heterocycles. The molecule has 2 bridgehead atoms. The van der Waals surface area contributed by atoms with Gasteiger partial charge < -0.3 is 15.4 Å². The first kappa shape index (κ1) is 11.8. The van der Waals surface area contributed by atoms with Gasteiger partial charge in [0, 0.05) is 30.5 Å². The second kappa shape index (κ2) is 5.16. The number of ether oxygens (including phenoxy) is 1. The summed E-state index contributed by atoms with van der Waals surface area (Å²) in [6.45, 7) is 1.03. The van der Waals surface area contributed by atoms with E-state index in [1.54, 1.807) is 0 Å². The van der Waals surface area contributed by atoms with Crippen molar-refractivity contribution in [3.8, 4) is 0 Å². The Morgan fingerprint density at radius 2 is 2.41 bits per heavy atom. The number of amides is 1. The maximum Gasteiger partial charge on any atom is 0.221 e. The van der Waals surface area contributed by atoms with Gasteiger partial charge in [0.1, 0.15) is 0 Å². The summed E-state index contributed by atoms with van der Waals surface area (Å²) < 4.78 is 5.74. The molecule has 0 saturated carbocycles. The van der Waals surface area contributed by atoms with Crippen LogP contribution in [0.4, 0.5) is 0 Å². The predicted molar refractivity (Wildman–Crippen MR) is 68.2 cm³/mol. The van der Waals surface area contributed by atoms with Crippen LogP contribution in [0.25, 0.3) is 0 Å². The summed E-state index contributed by atoms with van der Waals surface area (Å²) in [5.41, 5.74) is 0. The Hall–Kier alpha value is -0.260. The first-order valence-corrected chi connectivity index (χ1v) is 7.72. The van der Waals surface area contributed by atoms with Crippen molar-refractivity contribution < 1.29 is 9.53 Å². The topological polar surface area (TPSA) is 50.4 Å². The molecule has 17 heavy (non-hydrogen) atoms. The van der Waals surface area contributed by atoms with Gasteiger partial charge in [0.05, 0.1) is 18.2 Å². The summed E-state index contributed by atoms with van der Waals surface area (Å²) in [5, 5.41) is 6.54. The van der Waals surface area contributed by atoms with Gasteiger partial charge in [-0.3, -0.25) is 4.79 Å². The molecule has 1 amide bonds. The van der Waals surface area contributed by atoms with Gasteiger partial charge >= 0.3 is 0 Å². The highest BCUT2D eigenvalue weighted by atomic mass is 32.2. The van der Waals surface area contributed by atoms with Gasteiger partial charge in [-0.05, 0) is 19.3 Å². The Bertz CT molecular complexity index is 294. The SMILES string of the molecule is O=C(CC1CSCCN1)NC1CC2CCC1O2. The van der Waals surface area contributed by atoms with Crippen molar-refractivity contribution in [2.24, 2.45) is 0 Å². The van der Waals surface area contributed by atoms with E-state index in [1.165, 1.54) is 12.2 Å². The molecule has 2 N–H and O–H groups in total. The van der Waals surface area contributed by atoms with Gasteiger partial charge in [0.15, 0.2) is 0 Å². The van der Waals surface area contributed by atoms with Crippen molar-refractivity contribution in [3.63, 3.8) is 0 Å². The van der Waals surface area contributed by atoms with Gasteiger partial charge in [0.25, 0.3) is 0 Å². The molecule has 3 saturated heterocycles. The third-order valence-corrected chi connectivity index (χ3v) is 5.01. The van der Waals surface area contributed by atoms with Crippen LogP contribution in [0.5, 0.6) is 0 Å². The van der Waals surface area contributed by atoms with Crippen LogP contribution in [0, 0.1) is 0 Å². The average molecular weight is 256 g/mol. The summed E-state index contributed by atoms with van der Waals surface area (Å²) >= 11 is 1.93. The number of rotatable bonds is 3. The van der Waals surface area contributed by atoms with E-state index >= 15 is 0 Å². The van der Waals surface area contributed by atoms with Crippen LogP contribution in [0.15, 0.2) is 0 Å². The van der Waals surface area contributed by atoms with Crippen molar-refractivity contribution >= 4 is 17.7 Å². The second-order valence-corrected chi connectivity index (χ2v) is 6.36. The minimum Gasteiger partial charge on any atom is -0.373 e. The zero-order valence-corrected chi connectivity index (χ0v) is 10.8. The van der Waals surface area contributed by atoms with Crippen LogP contribution >= 0.6 is 11.8 Å². The molecule has 0 aliphatic carbocycles. The van der Waals surface area contributed by atoms with E-state index in [0.29, 0.717) is 18.6 Å². The molecule has 4 unspecified atom stereocenters. The summed E-state index contributed by atoms with van der Waals surface area (Å²) in [6.07, 6.45) is 4.63. The zero-order valence-electron chi connectivity index (χ0n) is 9.98. The van der Waals surface area contributed by atoms with Gasteiger partial charge in [-0.15, -0.1) is 0 Å². The Balaban J connectivity index is 1.44. The predicted octanol–water partition coefficient (Wildman–Crippen LogP) is 0.518. The number of carbonyl (C=O) groups is 1. The average Bonchev–Trinajstić information content (AvgIpc) is 2.92. The number of thioether (sulfide) groups is 1. The van der Waals surface area contributed by atoms with Crippen molar-refractivity contribution in [1.82, 2.24) is 10.6 Å². The van der Waals surface area contributed by atoms with Gasteiger partial charge in [0.2, 0.25) is 5.91 Å². The normalized spacial score (nSPS) is 40.5. The van der Waals surface area contributed by atoms with Crippen molar-refractivity contribution in [1.29, 1.82) is 0 Å². The summed E-state index contributed by atoms with van der Waals surface area (Å²) in [6, 6.07) is 0.630. The molecule has 3 rings (SSSR count). The molecule has 0 aromatic carbocycles. The van der Waals surface area contributed by atoms with Gasteiger partial charge in [-0.1, -0.05) is 0 Å². The summed E-state index contributed by atoms with van der Waals surface area (Å²) in [7, 11) is 0. The molecule has 4 nitrogen and oxygen atoms in total. The maximum atomic E-state index is 11.9. The second-order valence-electron chi connectivity index (χ2n) is 5.21. The highest BCUT2D eigenvalue weighted by Gasteiger charge is 2.41. The molecule has 96 valence electrons. The van der Waals surface area contributed by atoms with Gasteiger partial charge in [-0.2, -0.15) is 11.8 Å². The molecule has 3 aliphatic rings. The van der Waals surface area contributed by atoms with E-state index in [1.807, 2.05) is 11.8 Å². The Kier molecular flexibility index (Phi) is 3.59. The quantitative estimate of drug-likeness (QED) is 0.773. The van der Waals surface area contributed by atoms with Crippen LogP contribution < -0.4 is 10.6 Å². The van der Waals surface area contributed by atoms with Crippen molar-refractivity contribution in [2.45, 2.75) is 50.0 Å². The molecule has 3 aliphatic heterocycles.